The van der Waals surface area contributed by atoms with Gasteiger partial charge in [-0.25, -0.2) is 4.39 Å². The highest BCUT2D eigenvalue weighted by Gasteiger charge is 2.34. The molecule has 0 spiro atoms. The Morgan fingerprint density at radius 2 is 1.84 bits per heavy atom. The average Bonchev–Trinajstić information content (AvgIpc) is 3.08. The van der Waals surface area contributed by atoms with Crippen LogP contribution in [0.2, 0.25) is 0 Å². The van der Waals surface area contributed by atoms with E-state index in [2.05, 4.69) is 9.69 Å². The van der Waals surface area contributed by atoms with Crippen LogP contribution in [-0.2, 0) is 11.3 Å². The highest BCUT2D eigenvalue weighted by Crippen LogP contribution is 2.26. The lowest BCUT2D eigenvalue weighted by Gasteiger charge is -2.33. The number of aromatic nitrogens is 1. The Labute approximate surface area is 191 Å². The number of nitrogens with two attached hydrogens (primary N) is 2. The van der Waals surface area contributed by atoms with E-state index in [1.807, 2.05) is 27.7 Å². The molecule has 0 aliphatic rings. The summed E-state index contributed by atoms with van der Waals surface area (Å²) < 4.78 is 17.3. The minimum Gasteiger partial charge on any atom is -0.395 e. The van der Waals surface area contributed by atoms with Gasteiger partial charge in [0.05, 0.1) is 5.69 Å². The lowest BCUT2D eigenvalue weighted by molar-refractivity contribution is -0.127. The molecule has 2 aromatic rings. The predicted molar refractivity (Wildman–Crippen MR) is 123 cm³/mol. The topological polar surface area (TPSA) is 131 Å². The number of nitrogen functional groups attached to an aromatic ring is 1. The Kier molecular flexibility index (Phi) is 8.31. The summed E-state index contributed by atoms with van der Waals surface area (Å²) in [5.74, 6) is -2.09. The Balaban J connectivity index is 2.50. The van der Waals surface area contributed by atoms with Crippen molar-refractivity contribution in [1.82, 2.24) is 14.6 Å². The van der Waals surface area contributed by atoms with Crippen LogP contribution in [0.25, 0.3) is 0 Å². The zero-order valence-corrected chi connectivity index (χ0v) is 19.6. The highest BCUT2D eigenvalue weighted by atomic mass is 32.1. The molecule has 174 valence electrons. The smallest absolute Gasteiger partial charge is 0.270 e. The van der Waals surface area contributed by atoms with Gasteiger partial charge in [-0.2, -0.15) is 4.37 Å². The van der Waals surface area contributed by atoms with Gasteiger partial charge in [-0.05, 0) is 56.4 Å². The number of nitrogens with zero attached hydrogens (tertiary/aromatic N) is 2. The minimum absolute atomic E-state index is 0.0333. The number of amides is 3. The lowest BCUT2D eigenvalue weighted by Crippen LogP contribution is -2.53. The van der Waals surface area contributed by atoms with Gasteiger partial charge in [0, 0.05) is 12.1 Å². The van der Waals surface area contributed by atoms with E-state index in [1.54, 1.807) is 12.1 Å². The molecule has 32 heavy (non-hydrogen) atoms. The molecule has 1 aromatic heterocycles. The standard InChI is InChI=1S/C22H30FN5O3S/c1-5-6-7-15(20(30)26-22(2,3)4)28(12-13-8-10-14(23)11-9-13)21(31)18-16(24)17(19(25)29)27-32-18/h8-11,15H,5-7,12,24H2,1-4H3,(H2,25,29)(H,26,30). The maximum absolute atomic E-state index is 13.6. The van der Waals surface area contributed by atoms with Crippen LogP contribution in [0.5, 0.6) is 0 Å². The maximum atomic E-state index is 13.6. The molecule has 0 saturated carbocycles. The van der Waals surface area contributed by atoms with Crippen LogP contribution in [0.3, 0.4) is 0 Å². The number of nitrogens with one attached hydrogen (secondary N) is 1. The molecule has 1 unspecified atom stereocenters. The number of carbonyl (C=O) groups excluding carboxylic acids is 3. The molecule has 0 fully saturated rings. The van der Waals surface area contributed by atoms with Crippen molar-refractivity contribution in [2.24, 2.45) is 5.73 Å². The van der Waals surface area contributed by atoms with E-state index in [1.165, 1.54) is 17.0 Å². The van der Waals surface area contributed by atoms with Crippen LogP contribution in [-0.4, -0.2) is 38.6 Å². The Morgan fingerprint density at radius 3 is 2.34 bits per heavy atom. The molecule has 0 saturated heterocycles. The maximum Gasteiger partial charge on any atom is 0.270 e. The van der Waals surface area contributed by atoms with E-state index in [4.69, 9.17) is 11.5 Å². The van der Waals surface area contributed by atoms with Gasteiger partial charge in [0.2, 0.25) is 5.91 Å². The third-order valence-electron chi connectivity index (χ3n) is 4.69. The van der Waals surface area contributed by atoms with Gasteiger partial charge in [-0.15, -0.1) is 0 Å². The largest absolute Gasteiger partial charge is 0.395 e. The number of hydrogen-bond acceptors (Lipinski definition) is 6. The summed E-state index contributed by atoms with van der Waals surface area (Å²) in [5, 5.41) is 2.94. The summed E-state index contributed by atoms with van der Waals surface area (Å²) in [6, 6.07) is 4.89. The van der Waals surface area contributed by atoms with Gasteiger partial charge in [0.15, 0.2) is 5.69 Å². The first kappa shape index (κ1) is 25.3. The van der Waals surface area contributed by atoms with Gasteiger partial charge in [-0.3, -0.25) is 14.4 Å². The molecule has 0 aliphatic heterocycles. The van der Waals surface area contributed by atoms with Crippen molar-refractivity contribution in [3.8, 4) is 0 Å². The number of unbranched alkanes of at least 4 members (excludes halogenated alkanes) is 1. The Hall–Kier alpha value is -3.01. The number of primary amides is 1. The van der Waals surface area contributed by atoms with E-state index < -0.39 is 29.2 Å². The van der Waals surface area contributed by atoms with Gasteiger partial charge in [-0.1, -0.05) is 31.9 Å². The Bertz CT molecular complexity index is 969. The fourth-order valence-corrected chi connectivity index (χ4v) is 3.91. The molecule has 1 atom stereocenters. The van der Waals surface area contributed by atoms with Crippen LogP contribution in [0.4, 0.5) is 10.1 Å². The average molecular weight is 464 g/mol. The first-order valence-corrected chi connectivity index (χ1v) is 11.1. The van der Waals surface area contributed by atoms with E-state index in [-0.39, 0.29) is 28.7 Å². The van der Waals surface area contributed by atoms with Crippen molar-refractivity contribution in [1.29, 1.82) is 0 Å². The van der Waals surface area contributed by atoms with Crippen LogP contribution in [0.15, 0.2) is 24.3 Å². The molecule has 1 heterocycles. The minimum atomic E-state index is -0.837. The molecule has 10 heteroatoms. The Morgan fingerprint density at radius 1 is 1.22 bits per heavy atom. The summed E-state index contributed by atoms with van der Waals surface area (Å²) in [4.78, 5) is 39.7. The molecular formula is C22H30FN5O3S. The van der Waals surface area contributed by atoms with Crippen LogP contribution in [0, 0.1) is 5.82 Å². The second kappa shape index (κ2) is 10.5. The van der Waals surface area contributed by atoms with E-state index in [9.17, 15) is 18.8 Å². The zero-order valence-electron chi connectivity index (χ0n) is 18.8. The lowest BCUT2D eigenvalue weighted by atomic mass is 10.0. The van der Waals surface area contributed by atoms with Gasteiger partial charge < -0.3 is 21.7 Å². The summed E-state index contributed by atoms with van der Waals surface area (Å²) in [5.41, 5.74) is 11.1. The normalized spacial score (nSPS) is 12.3. The number of hydrogen-bond donors (Lipinski definition) is 3. The fourth-order valence-electron chi connectivity index (χ4n) is 3.15. The number of halogens is 1. The molecule has 8 nitrogen and oxygen atoms in total. The summed E-state index contributed by atoms with van der Waals surface area (Å²) in [6.45, 7) is 7.61. The van der Waals surface area contributed by atoms with E-state index >= 15 is 0 Å². The van der Waals surface area contributed by atoms with Crippen LogP contribution >= 0.6 is 11.5 Å². The third-order valence-corrected chi connectivity index (χ3v) is 5.54. The third kappa shape index (κ3) is 6.49. The van der Waals surface area contributed by atoms with Crippen LogP contribution in [0.1, 0.15) is 72.7 Å². The van der Waals surface area contributed by atoms with E-state index in [0.29, 0.717) is 18.4 Å². The molecule has 2 rings (SSSR count). The van der Waals surface area contributed by atoms with Crippen molar-refractivity contribution in [3.63, 3.8) is 0 Å². The number of benzene rings is 1. The summed E-state index contributed by atoms with van der Waals surface area (Å²) >= 11 is 0.761. The van der Waals surface area contributed by atoms with Gasteiger partial charge >= 0.3 is 0 Å². The first-order chi connectivity index (χ1) is 14.9. The number of rotatable bonds is 9. The second-order valence-electron chi connectivity index (χ2n) is 8.60. The predicted octanol–water partition coefficient (Wildman–Crippen LogP) is 3.08. The second-order valence-corrected chi connectivity index (χ2v) is 9.37. The van der Waals surface area contributed by atoms with Crippen molar-refractivity contribution in [2.45, 2.75) is 65.1 Å². The monoisotopic (exact) mass is 463 g/mol. The molecule has 1 aromatic carbocycles. The molecule has 5 N–H and O–H groups in total. The summed E-state index contributed by atoms with van der Waals surface area (Å²) in [6.07, 6.45) is 1.96. The van der Waals surface area contributed by atoms with Crippen molar-refractivity contribution in [2.75, 3.05) is 5.73 Å². The first-order valence-electron chi connectivity index (χ1n) is 10.4. The van der Waals surface area contributed by atoms with Gasteiger partial charge in [0.1, 0.15) is 16.7 Å². The molecule has 0 aliphatic carbocycles. The quantitative estimate of drug-likeness (QED) is 0.526. The SMILES string of the molecule is CCCCC(C(=O)NC(C)(C)C)N(Cc1ccc(F)cc1)C(=O)c1snc(C(N)=O)c1N. The molecular weight excluding hydrogens is 433 g/mol. The van der Waals surface area contributed by atoms with Crippen molar-refractivity contribution >= 4 is 34.9 Å². The zero-order chi connectivity index (χ0) is 24.1. The highest BCUT2D eigenvalue weighted by molar-refractivity contribution is 7.09. The van der Waals surface area contributed by atoms with E-state index in [0.717, 1.165) is 18.0 Å². The number of anilines is 1. The molecule has 0 radical (unpaired) electrons. The van der Waals surface area contributed by atoms with Crippen molar-refractivity contribution in [3.05, 3.63) is 46.2 Å². The van der Waals surface area contributed by atoms with Gasteiger partial charge in [0.25, 0.3) is 11.8 Å². The summed E-state index contributed by atoms with van der Waals surface area (Å²) in [7, 11) is 0. The van der Waals surface area contributed by atoms with Crippen LogP contribution < -0.4 is 16.8 Å². The number of carbonyl (C=O) groups is 3. The molecule has 0 bridgehead atoms. The van der Waals surface area contributed by atoms with Crippen molar-refractivity contribution < 1.29 is 18.8 Å². The molecule has 3 amide bonds. The fraction of sp³-hybridized carbons (Fsp3) is 0.455.